The van der Waals surface area contributed by atoms with Crippen molar-refractivity contribution in [3.8, 4) is 0 Å². The van der Waals surface area contributed by atoms with Crippen LogP contribution < -0.4 is 11.1 Å². The summed E-state index contributed by atoms with van der Waals surface area (Å²) in [7, 11) is -3.99. The minimum atomic E-state index is -3.99. The molecule has 1 aromatic heterocycles. The number of carbonyl (C=O) groups is 2. The third kappa shape index (κ3) is 2.17. The van der Waals surface area contributed by atoms with Gasteiger partial charge in [0.2, 0.25) is 21.8 Å². The molecule has 9 heteroatoms. The summed E-state index contributed by atoms with van der Waals surface area (Å²) in [6.45, 7) is -0.829. The molecule has 0 unspecified atom stereocenters. The highest BCUT2D eigenvalue weighted by molar-refractivity contribution is 7.89. The van der Waals surface area contributed by atoms with Crippen LogP contribution in [0.25, 0.3) is 0 Å². The quantitative estimate of drug-likeness (QED) is 0.618. The van der Waals surface area contributed by atoms with Crippen molar-refractivity contribution in [2.75, 3.05) is 18.8 Å². The SMILES string of the molecule is Nc1ccncc1S(=O)(=O)N1CC(=O)NC(=O)C1. The summed E-state index contributed by atoms with van der Waals surface area (Å²) in [4.78, 5) is 25.8. The maximum Gasteiger partial charge on any atom is 0.247 e. The highest BCUT2D eigenvalue weighted by atomic mass is 32.2. The zero-order valence-corrected chi connectivity index (χ0v) is 9.98. The summed E-state index contributed by atoms with van der Waals surface area (Å²) in [5.41, 5.74) is 5.57. The topological polar surface area (TPSA) is 122 Å². The Morgan fingerprint density at radius 1 is 1.28 bits per heavy atom. The Bertz CT molecular complexity index is 597. The smallest absolute Gasteiger partial charge is 0.247 e. The summed E-state index contributed by atoms with van der Waals surface area (Å²) < 4.78 is 25.1. The van der Waals surface area contributed by atoms with E-state index in [0.717, 1.165) is 10.5 Å². The van der Waals surface area contributed by atoms with E-state index in [2.05, 4.69) is 4.98 Å². The van der Waals surface area contributed by atoms with E-state index < -0.39 is 34.9 Å². The molecule has 1 saturated heterocycles. The summed E-state index contributed by atoms with van der Waals surface area (Å²) in [6, 6.07) is 1.33. The Morgan fingerprint density at radius 2 is 1.89 bits per heavy atom. The molecule has 2 heterocycles. The van der Waals surface area contributed by atoms with Crippen LogP contribution in [0.15, 0.2) is 23.4 Å². The summed E-state index contributed by atoms with van der Waals surface area (Å²) in [5, 5.41) is 2.02. The molecule has 2 rings (SSSR count). The molecule has 1 aliphatic rings. The number of nitrogens with zero attached hydrogens (tertiary/aromatic N) is 2. The molecule has 0 bridgehead atoms. The summed E-state index contributed by atoms with van der Waals surface area (Å²) in [6.07, 6.45) is 2.43. The third-order valence-electron chi connectivity index (χ3n) is 2.35. The Kier molecular flexibility index (Phi) is 3.01. The number of pyridine rings is 1. The molecule has 1 fully saturated rings. The van der Waals surface area contributed by atoms with Crippen LogP contribution in [0.3, 0.4) is 0 Å². The molecule has 2 amide bonds. The number of nitrogens with one attached hydrogen (secondary N) is 1. The zero-order chi connectivity index (χ0) is 13.3. The van der Waals surface area contributed by atoms with E-state index in [1.165, 1.54) is 12.3 Å². The third-order valence-corrected chi connectivity index (χ3v) is 4.19. The van der Waals surface area contributed by atoms with E-state index >= 15 is 0 Å². The number of aromatic nitrogens is 1. The van der Waals surface area contributed by atoms with Crippen LogP contribution in [-0.2, 0) is 19.6 Å². The second-order valence-electron chi connectivity index (χ2n) is 3.66. The normalized spacial score (nSPS) is 17.6. The van der Waals surface area contributed by atoms with Crippen LogP contribution in [0, 0.1) is 0 Å². The van der Waals surface area contributed by atoms with Crippen molar-refractivity contribution < 1.29 is 18.0 Å². The van der Waals surface area contributed by atoms with Gasteiger partial charge in [-0.2, -0.15) is 4.31 Å². The number of amides is 2. The van der Waals surface area contributed by atoms with Crippen LogP contribution in [0.2, 0.25) is 0 Å². The first-order valence-electron chi connectivity index (χ1n) is 4.93. The van der Waals surface area contributed by atoms with Crippen LogP contribution in [0.5, 0.6) is 0 Å². The first-order chi connectivity index (χ1) is 8.41. The second-order valence-corrected chi connectivity index (χ2v) is 5.56. The van der Waals surface area contributed by atoms with E-state index in [-0.39, 0.29) is 10.6 Å². The minimum absolute atomic E-state index is 0.0171. The fraction of sp³-hybridized carbons (Fsp3) is 0.222. The Hall–Kier alpha value is -2.00. The number of hydrogen-bond donors (Lipinski definition) is 2. The second kappa shape index (κ2) is 4.35. The molecular formula is C9H10N4O4S. The van der Waals surface area contributed by atoms with Crippen molar-refractivity contribution in [1.29, 1.82) is 0 Å². The van der Waals surface area contributed by atoms with Gasteiger partial charge in [0, 0.05) is 12.4 Å². The van der Waals surface area contributed by atoms with Crippen LogP contribution in [0.4, 0.5) is 5.69 Å². The van der Waals surface area contributed by atoms with Crippen molar-refractivity contribution in [3.05, 3.63) is 18.5 Å². The van der Waals surface area contributed by atoms with Gasteiger partial charge >= 0.3 is 0 Å². The van der Waals surface area contributed by atoms with E-state index in [9.17, 15) is 18.0 Å². The minimum Gasteiger partial charge on any atom is -0.398 e. The van der Waals surface area contributed by atoms with Crippen molar-refractivity contribution >= 4 is 27.5 Å². The standard InChI is InChI=1S/C9H10N4O4S/c10-6-1-2-11-3-7(6)18(16,17)13-4-8(14)12-9(15)5-13/h1-3H,4-5H2,(H2,10,11)(H,12,14,15). The van der Waals surface area contributed by atoms with Gasteiger partial charge in [0.25, 0.3) is 0 Å². The van der Waals surface area contributed by atoms with Gasteiger partial charge in [-0.1, -0.05) is 0 Å². The van der Waals surface area contributed by atoms with E-state index in [4.69, 9.17) is 5.73 Å². The number of hydrogen-bond acceptors (Lipinski definition) is 6. The van der Waals surface area contributed by atoms with Gasteiger partial charge in [-0.05, 0) is 6.07 Å². The van der Waals surface area contributed by atoms with Gasteiger partial charge in [-0.15, -0.1) is 0 Å². The fourth-order valence-corrected chi connectivity index (χ4v) is 2.94. The Balaban J connectivity index is 2.40. The number of anilines is 1. The Morgan fingerprint density at radius 3 is 2.44 bits per heavy atom. The molecule has 0 saturated carbocycles. The average molecular weight is 270 g/mol. The predicted octanol–water partition coefficient (Wildman–Crippen LogP) is -1.69. The maximum absolute atomic E-state index is 12.2. The average Bonchev–Trinajstić information content (AvgIpc) is 2.28. The molecule has 1 aliphatic heterocycles. The summed E-state index contributed by atoms with van der Waals surface area (Å²) in [5.74, 6) is -1.34. The molecule has 8 nitrogen and oxygen atoms in total. The van der Waals surface area contributed by atoms with Gasteiger partial charge in [-0.3, -0.25) is 19.9 Å². The number of nitrogen functional groups attached to an aromatic ring is 1. The fourth-order valence-electron chi connectivity index (χ4n) is 1.53. The van der Waals surface area contributed by atoms with Gasteiger partial charge in [0.15, 0.2) is 0 Å². The number of imide groups is 1. The van der Waals surface area contributed by atoms with Crippen LogP contribution in [0.1, 0.15) is 0 Å². The molecule has 1 aromatic rings. The molecule has 0 radical (unpaired) electrons. The molecule has 0 spiro atoms. The lowest BCUT2D eigenvalue weighted by atomic mass is 10.4. The van der Waals surface area contributed by atoms with Gasteiger partial charge in [0.1, 0.15) is 4.90 Å². The number of sulfonamides is 1. The highest BCUT2D eigenvalue weighted by Crippen LogP contribution is 2.21. The van der Waals surface area contributed by atoms with Gasteiger partial charge in [0.05, 0.1) is 18.8 Å². The largest absolute Gasteiger partial charge is 0.398 e. The first kappa shape index (κ1) is 12.5. The number of carbonyl (C=O) groups excluding carboxylic acids is 2. The molecule has 18 heavy (non-hydrogen) atoms. The van der Waals surface area contributed by atoms with Crippen LogP contribution >= 0.6 is 0 Å². The monoisotopic (exact) mass is 270 g/mol. The molecule has 96 valence electrons. The molecule has 3 N–H and O–H groups in total. The first-order valence-corrected chi connectivity index (χ1v) is 6.37. The number of piperazine rings is 1. The van der Waals surface area contributed by atoms with Crippen LogP contribution in [-0.4, -0.2) is 42.6 Å². The van der Waals surface area contributed by atoms with Crippen molar-refractivity contribution in [3.63, 3.8) is 0 Å². The molecular weight excluding hydrogens is 260 g/mol. The lowest BCUT2D eigenvalue weighted by molar-refractivity contribution is -0.134. The van der Waals surface area contributed by atoms with Crippen molar-refractivity contribution in [2.45, 2.75) is 4.90 Å². The van der Waals surface area contributed by atoms with Crippen molar-refractivity contribution in [1.82, 2.24) is 14.6 Å². The number of nitrogens with two attached hydrogens (primary N) is 1. The zero-order valence-electron chi connectivity index (χ0n) is 9.16. The lowest BCUT2D eigenvalue weighted by Crippen LogP contribution is -2.53. The summed E-state index contributed by atoms with van der Waals surface area (Å²) >= 11 is 0. The van der Waals surface area contributed by atoms with Crippen molar-refractivity contribution in [2.24, 2.45) is 0 Å². The maximum atomic E-state index is 12.2. The highest BCUT2D eigenvalue weighted by Gasteiger charge is 2.34. The van der Waals surface area contributed by atoms with Gasteiger partial charge in [-0.25, -0.2) is 8.42 Å². The molecule has 0 aromatic carbocycles. The number of rotatable bonds is 2. The molecule has 0 atom stereocenters. The van der Waals surface area contributed by atoms with E-state index in [0.29, 0.717) is 0 Å². The Labute approximate surface area is 103 Å². The van der Waals surface area contributed by atoms with Gasteiger partial charge < -0.3 is 5.73 Å². The lowest BCUT2D eigenvalue weighted by Gasteiger charge is -2.24. The van der Waals surface area contributed by atoms with E-state index in [1.807, 2.05) is 5.32 Å². The van der Waals surface area contributed by atoms with E-state index in [1.54, 1.807) is 0 Å². The predicted molar refractivity (Wildman–Crippen MR) is 60.6 cm³/mol. The molecule has 0 aliphatic carbocycles.